The summed E-state index contributed by atoms with van der Waals surface area (Å²) in [7, 11) is 0. The third-order valence-electron chi connectivity index (χ3n) is 14.4. The number of carbonyl (C=O) groups excluding carboxylic acids is 3. The van der Waals surface area contributed by atoms with Crippen molar-refractivity contribution >= 4 is 17.9 Å². The minimum absolute atomic E-state index is 0.0765. The van der Waals surface area contributed by atoms with Crippen molar-refractivity contribution in [3.63, 3.8) is 0 Å². The van der Waals surface area contributed by atoms with Gasteiger partial charge in [-0.3, -0.25) is 14.4 Å². The Morgan fingerprint density at radius 1 is 0.276 bits per heavy atom. The van der Waals surface area contributed by atoms with E-state index in [2.05, 4.69) is 93.7 Å². The second-order valence-electron chi connectivity index (χ2n) is 22.0. The minimum Gasteiger partial charge on any atom is -0.462 e. The smallest absolute Gasteiger partial charge is 0.306 e. The molecule has 76 heavy (non-hydrogen) atoms. The zero-order valence-corrected chi connectivity index (χ0v) is 50.5. The van der Waals surface area contributed by atoms with Gasteiger partial charge in [-0.25, -0.2) is 0 Å². The highest BCUT2D eigenvalue weighted by molar-refractivity contribution is 5.71. The standard InChI is InChI=1S/C70H124O6/c1-4-7-10-13-16-19-22-25-28-30-31-32-33-34-35-36-37-38-39-41-42-45-48-51-54-57-60-63-69(72)75-66-67(65-74-68(71)62-59-56-53-50-47-44-27-24-21-18-15-12-9-6-3)76-70(73)64-61-58-55-52-49-46-43-40-29-26-23-20-17-14-11-8-5-2/h8,11,17,20,22,25-26,29-31,33-34,67H,4-7,9-10,12-16,18-19,21,23-24,27-28,32,35-66H2,1-3H3/b11-8-,20-17-,25-22-,29-26-,31-30-,34-33-. The van der Waals surface area contributed by atoms with Crippen molar-refractivity contribution in [1.29, 1.82) is 0 Å². The lowest BCUT2D eigenvalue weighted by Gasteiger charge is -2.18. The van der Waals surface area contributed by atoms with Crippen LogP contribution in [0.4, 0.5) is 0 Å². The van der Waals surface area contributed by atoms with E-state index in [4.69, 9.17) is 14.2 Å². The van der Waals surface area contributed by atoms with Crippen LogP contribution in [0.15, 0.2) is 72.9 Å². The molecule has 0 radical (unpaired) electrons. The van der Waals surface area contributed by atoms with Gasteiger partial charge in [0, 0.05) is 19.3 Å². The van der Waals surface area contributed by atoms with E-state index in [1.807, 2.05) is 0 Å². The van der Waals surface area contributed by atoms with Crippen LogP contribution in [0.2, 0.25) is 0 Å². The predicted molar refractivity (Wildman–Crippen MR) is 330 cm³/mol. The maximum atomic E-state index is 12.9. The van der Waals surface area contributed by atoms with Crippen molar-refractivity contribution in [3.05, 3.63) is 72.9 Å². The van der Waals surface area contributed by atoms with Crippen molar-refractivity contribution in [1.82, 2.24) is 0 Å². The molecule has 0 aromatic rings. The van der Waals surface area contributed by atoms with E-state index >= 15 is 0 Å². The summed E-state index contributed by atoms with van der Waals surface area (Å²) in [6, 6.07) is 0. The molecule has 0 rings (SSSR count). The van der Waals surface area contributed by atoms with Crippen LogP contribution in [0, 0.1) is 0 Å². The summed E-state index contributed by atoms with van der Waals surface area (Å²) < 4.78 is 16.9. The van der Waals surface area contributed by atoms with Crippen LogP contribution in [0.5, 0.6) is 0 Å². The fourth-order valence-corrected chi connectivity index (χ4v) is 9.53. The average molecular weight is 1060 g/mol. The van der Waals surface area contributed by atoms with Gasteiger partial charge in [-0.15, -0.1) is 0 Å². The summed E-state index contributed by atoms with van der Waals surface area (Å²) in [6.07, 6.45) is 83.4. The Labute approximate surface area is 472 Å². The quantitative estimate of drug-likeness (QED) is 0.0261. The molecule has 0 aliphatic heterocycles. The second-order valence-corrected chi connectivity index (χ2v) is 22.0. The highest BCUT2D eigenvalue weighted by Gasteiger charge is 2.19. The molecule has 0 saturated heterocycles. The number of allylic oxidation sites excluding steroid dienone is 12. The Kier molecular flexibility index (Phi) is 61.7. The van der Waals surface area contributed by atoms with Gasteiger partial charge in [0.1, 0.15) is 13.2 Å². The van der Waals surface area contributed by atoms with E-state index in [-0.39, 0.29) is 31.1 Å². The van der Waals surface area contributed by atoms with Gasteiger partial charge in [-0.2, -0.15) is 0 Å². The first-order valence-electron chi connectivity index (χ1n) is 32.9. The number of ether oxygens (including phenoxy) is 3. The zero-order chi connectivity index (χ0) is 55.0. The topological polar surface area (TPSA) is 78.9 Å². The molecule has 1 atom stereocenters. The first-order chi connectivity index (χ1) is 37.5. The fourth-order valence-electron chi connectivity index (χ4n) is 9.53. The van der Waals surface area contributed by atoms with Crippen molar-refractivity contribution in [2.24, 2.45) is 0 Å². The molecule has 0 aliphatic rings. The maximum absolute atomic E-state index is 12.9. The number of unbranched alkanes of at least 4 members (excludes halogenated alkanes) is 37. The molecule has 0 aromatic carbocycles. The lowest BCUT2D eigenvalue weighted by atomic mass is 10.0. The van der Waals surface area contributed by atoms with Crippen LogP contribution in [0.25, 0.3) is 0 Å². The summed E-state index contributed by atoms with van der Waals surface area (Å²) in [5.74, 6) is -0.871. The summed E-state index contributed by atoms with van der Waals surface area (Å²) in [4.78, 5) is 38.3. The largest absolute Gasteiger partial charge is 0.462 e. The first kappa shape index (κ1) is 72.8. The van der Waals surface area contributed by atoms with Crippen LogP contribution >= 0.6 is 0 Å². The van der Waals surface area contributed by atoms with E-state index in [1.54, 1.807) is 0 Å². The third kappa shape index (κ3) is 61.7. The number of hydrogen-bond donors (Lipinski definition) is 0. The summed E-state index contributed by atoms with van der Waals surface area (Å²) in [5.41, 5.74) is 0. The van der Waals surface area contributed by atoms with Gasteiger partial charge in [0.05, 0.1) is 0 Å². The van der Waals surface area contributed by atoms with E-state index < -0.39 is 6.10 Å². The SMILES string of the molecule is CC/C=C\C/C=C\C/C=C\CCCCCCCCCC(=O)OC(COC(=O)CCCCCCCCCCCCCC/C=C\C/C=C\C/C=C\CCCCCCC)COC(=O)CCCCCCCCCCCCCCCC. The van der Waals surface area contributed by atoms with Crippen LogP contribution < -0.4 is 0 Å². The predicted octanol–water partition coefficient (Wildman–Crippen LogP) is 22.5. The van der Waals surface area contributed by atoms with Crippen LogP contribution in [-0.4, -0.2) is 37.2 Å². The van der Waals surface area contributed by atoms with Crippen LogP contribution in [-0.2, 0) is 28.6 Å². The summed E-state index contributed by atoms with van der Waals surface area (Å²) in [5, 5.41) is 0. The van der Waals surface area contributed by atoms with Crippen LogP contribution in [0.3, 0.4) is 0 Å². The van der Waals surface area contributed by atoms with E-state index in [9.17, 15) is 14.4 Å². The molecule has 0 aromatic heterocycles. The second kappa shape index (κ2) is 64.4. The molecule has 0 saturated carbocycles. The third-order valence-corrected chi connectivity index (χ3v) is 14.4. The van der Waals surface area contributed by atoms with Crippen molar-refractivity contribution < 1.29 is 28.6 Å². The Morgan fingerprint density at radius 2 is 0.513 bits per heavy atom. The lowest BCUT2D eigenvalue weighted by molar-refractivity contribution is -0.167. The van der Waals surface area contributed by atoms with Crippen molar-refractivity contribution in [3.8, 4) is 0 Å². The Hall–Kier alpha value is -3.15. The van der Waals surface area contributed by atoms with Gasteiger partial charge < -0.3 is 14.2 Å². The number of rotatable bonds is 60. The lowest BCUT2D eigenvalue weighted by Crippen LogP contribution is -2.30. The van der Waals surface area contributed by atoms with Gasteiger partial charge in [0.25, 0.3) is 0 Å². The van der Waals surface area contributed by atoms with Gasteiger partial charge in [0.15, 0.2) is 6.10 Å². The zero-order valence-electron chi connectivity index (χ0n) is 50.5. The van der Waals surface area contributed by atoms with E-state index in [0.29, 0.717) is 19.3 Å². The highest BCUT2D eigenvalue weighted by atomic mass is 16.6. The molecular weight excluding hydrogens is 937 g/mol. The Morgan fingerprint density at radius 3 is 0.803 bits per heavy atom. The number of hydrogen-bond acceptors (Lipinski definition) is 6. The van der Waals surface area contributed by atoms with Gasteiger partial charge in [-0.1, -0.05) is 299 Å². The maximum Gasteiger partial charge on any atom is 0.306 e. The molecule has 1 unspecified atom stereocenters. The molecule has 0 spiro atoms. The molecular formula is C70H124O6. The first-order valence-corrected chi connectivity index (χ1v) is 32.9. The minimum atomic E-state index is -0.781. The van der Waals surface area contributed by atoms with Crippen LogP contribution in [0.1, 0.15) is 335 Å². The number of carbonyl (C=O) groups is 3. The average Bonchev–Trinajstić information content (AvgIpc) is 3.42. The molecule has 0 amide bonds. The molecule has 0 heterocycles. The molecule has 6 heteroatoms. The molecule has 0 aliphatic carbocycles. The van der Waals surface area contributed by atoms with Crippen molar-refractivity contribution in [2.45, 2.75) is 341 Å². The molecule has 440 valence electrons. The monoisotopic (exact) mass is 1060 g/mol. The Bertz CT molecular complexity index is 1400. The molecule has 0 fully saturated rings. The van der Waals surface area contributed by atoms with Crippen molar-refractivity contribution in [2.75, 3.05) is 13.2 Å². The van der Waals surface area contributed by atoms with Gasteiger partial charge in [-0.05, 0) is 89.9 Å². The van der Waals surface area contributed by atoms with E-state index in [0.717, 1.165) is 96.3 Å². The highest BCUT2D eigenvalue weighted by Crippen LogP contribution is 2.17. The van der Waals surface area contributed by atoms with Gasteiger partial charge >= 0.3 is 17.9 Å². The van der Waals surface area contributed by atoms with Gasteiger partial charge in [0.2, 0.25) is 0 Å². The normalized spacial score (nSPS) is 12.5. The molecule has 6 nitrogen and oxygen atoms in total. The van der Waals surface area contributed by atoms with E-state index in [1.165, 1.54) is 199 Å². The fraction of sp³-hybridized carbons (Fsp3) is 0.786. The summed E-state index contributed by atoms with van der Waals surface area (Å²) in [6.45, 7) is 6.55. The summed E-state index contributed by atoms with van der Waals surface area (Å²) >= 11 is 0. The Balaban J connectivity index is 4.28. The molecule has 0 N–H and O–H groups in total. The number of esters is 3. The molecule has 0 bridgehead atoms.